The number of anilines is 1. The van der Waals surface area contributed by atoms with Gasteiger partial charge in [-0.25, -0.2) is 0 Å². The molecule has 0 aliphatic carbocycles. The number of nitrogens with two attached hydrogens (primary N) is 1. The molecule has 0 amide bonds. The smallest absolute Gasteiger partial charge is 0.150 e. The molecular formula is C11H9N3O2. The summed E-state index contributed by atoms with van der Waals surface area (Å²) in [6, 6.07) is 4.91. The fraction of sp³-hybridized carbons (Fsp3) is 0. The van der Waals surface area contributed by atoms with Crippen LogP contribution in [0.5, 0.6) is 0 Å². The number of benzene rings is 1. The lowest BCUT2D eigenvalue weighted by Crippen LogP contribution is -1.93. The summed E-state index contributed by atoms with van der Waals surface area (Å²) in [5, 5.41) is 6.39. The maximum absolute atomic E-state index is 10.8. The van der Waals surface area contributed by atoms with E-state index in [1.165, 1.54) is 0 Å². The molecule has 0 aliphatic heterocycles. The monoisotopic (exact) mass is 215 g/mol. The summed E-state index contributed by atoms with van der Waals surface area (Å²) in [7, 11) is 0. The lowest BCUT2D eigenvalue weighted by Gasteiger charge is -2.02. The fourth-order valence-corrected chi connectivity index (χ4v) is 1.48. The van der Waals surface area contributed by atoms with Crippen molar-refractivity contribution in [2.45, 2.75) is 0 Å². The van der Waals surface area contributed by atoms with Crippen molar-refractivity contribution in [1.29, 1.82) is 0 Å². The van der Waals surface area contributed by atoms with Crippen molar-refractivity contribution in [3.8, 4) is 11.1 Å². The second kappa shape index (κ2) is 3.98. The highest BCUT2D eigenvalue weighted by Gasteiger charge is 2.07. The third kappa shape index (κ3) is 1.58. The molecule has 0 saturated carbocycles. The number of nitrogens with one attached hydrogen (secondary N) is 1. The number of carbonyl (C=O) groups excluding carboxylic acids is 2. The lowest BCUT2D eigenvalue weighted by molar-refractivity contribution is 0.109. The first kappa shape index (κ1) is 10.1. The lowest BCUT2D eigenvalue weighted by atomic mass is 10.0. The number of rotatable bonds is 3. The minimum absolute atomic E-state index is 0.341. The fourth-order valence-electron chi connectivity index (χ4n) is 1.48. The standard InChI is InChI=1S/C11H9N3O2/c12-11-10(4-13-14-11)7-1-2-8(5-15)9(3-7)6-16/h1-6H,(H3,12,13,14). The van der Waals surface area contributed by atoms with Gasteiger partial charge in [0.15, 0.2) is 12.6 Å². The quantitative estimate of drug-likeness (QED) is 0.755. The molecule has 0 fully saturated rings. The normalized spacial score (nSPS) is 10.0. The van der Waals surface area contributed by atoms with Crippen molar-refractivity contribution in [3.05, 3.63) is 35.5 Å². The molecule has 0 spiro atoms. The molecule has 1 aromatic heterocycles. The van der Waals surface area contributed by atoms with Gasteiger partial charge >= 0.3 is 0 Å². The molecule has 2 rings (SSSR count). The molecule has 0 saturated heterocycles. The van der Waals surface area contributed by atoms with E-state index in [0.29, 0.717) is 35.1 Å². The van der Waals surface area contributed by atoms with Crippen molar-refractivity contribution in [1.82, 2.24) is 10.2 Å². The van der Waals surface area contributed by atoms with Crippen LogP contribution in [0.3, 0.4) is 0 Å². The van der Waals surface area contributed by atoms with Gasteiger partial charge < -0.3 is 5.73 Å². The number of aromatic amines is 1. The molecular weight excluding hydrogens is 206 g/mol. The van der Waals surface area contributed by atoms with E-state index in [9.17, 15) is 9.59 Å². The Labute approximate surface area is 91.3 Å². The Bertz CT molecular complexity index is 546. The van der Waals surface area contributed by atoms with Gasteiger partial charge in [0.2, 0.25) is 0 Å². The number of H-pyrrole nitrogens is 1. The third-order valence-electron chi connectivity index (χ3n) is 2.32. The van der Waals surface area contributed by atoms with Gasteiger partial charge in [-0.2, -0.15) is 5.10 Å². The topological polar surface area (TPSA) is 88.8 Å². The maximum Gasteiger partial charge on any atom is 0.150 e. The Balaban J connectivity index is 2.56. The predicted molar refractivity (Wildman–Crippen MR) is 59.2 cm³/mol. The first-order valence-electron chi connectivity index (χ1n) is 4.60. The van der Waals surface area contributed by atoms with Crippen LogP contribution >= 0.6 is 0 Å². The number of hydrogen-bond acceptors (Lipinski definition) is 4. The molecule has 0 aliphatic rings. The van der Waals surface area contributed by atoms with Crippen molar-refractivity contribution in [2.75, 3.05) is 5.73 Å². The van der Waals surface area contributed by atoms with Crippen LogP contribution in [-0.4, -0.2) is 22.8 Å². The summed E-state index contributed by atoms with van der Waals surface area (Å²) >= 11 is 0. The van der Waals surface area contributed by atoms with Gasteiger partial charge in [0, 0.05) is 16.7 Å². The van der Waals surface area contributed by atoms with Crippen molar-refractivity contribution >= 4 is 18.4 Å². The van der Waals surface area contributed by atoms with Crippen LogP contribution in [0.1, 0.15) is 20.7 Å². The zero-order valence-electron chi connectivity index (χ0n) is 8.31. The summed E-state index contributed by atoms with van der Waals surface area (Å²) < 4.78 is 0. The van der Waals surface area contributed by atoms with Crippen molar-refractivity contribution < 1.29 is 9.59 Å². The van der Waals surface area contributed by atoms with Crippen LogP contribution < -0.4 is 5.73 Å². The molecule has 3 N–H and O–H groups in total. The molecule has 0 bridgehead atoms. The second-order valence-corrected chi connectivity index (χ2v) is 3.28. The van der Waals surface area contributed by atoms with E-state index in [2.05, 4.69) is 10.2 Å². The van der Waals surface area contributed by atoms with E-state index in [1.54, 1.807) is 24.4 Å². The molecule has 1 heterocycles. The first-order chi connectivity index (χ1) is 7.76. The van der Waals surface area contributed by atoms with E-state index >= 15 is 0 Å². The van der Waals surface area contributed by atoms with Gasteiger partial charge in [-0.15, -0.1) is 0 Å². The first-order valence-corrected chi connectivity index (χ1v) is 4.60. The Morgan fingerprint density at radius 2 is 1.94 bits per heavy atom. The van der Waals surface area contributed by atoms with Gasteiger partial charge in [-0.1, -0.05) is 12.1 Å². The average Bonchev–Trinajstić information content (AvgIpc) is 2.74. The molecule has 2 aromatic rings. The van der Waals surface area contributed by atoms with E-state index in [1.807, 2.05) is 0 Å². The van der Waals surface area contributed by atoms with Gasteiger partial charge in [-0.05, 0) is 11.6 Å². The molecule has 0 atom stereocenters. The highest BCUT2D eigenvalue weighted by molar-refractivity contribution is 5.92. The van der Waals surface area contributed by atoms with Gasteiger partial charge in [0.05, 0.1) is 6.20 Å². The summed E-state index contributed by atoms with van der Waals surface area (Å²) in [5.74, 6) is 0.427. The van der Waals surface area contributed by atoms with Gasteiger partial charge in [-0.3, -0.25) is 14.7 Å². The zero-order valence-corrected chi connectivity index (χ0v) is 8.31. The molecule has 0 unspecified atom stereocenters. The number of nitrogens with zero attached hydrogens (tertiary/aromatic N) is 1. The minimum Gasteiger partial charge on any atom is -0.384 e. The SMILES string of the molecule is Nc1[nH]ncc1-c1ccc(C=O)c(C=O)c1. The highest BCUT2D eigenvalue weighted by atomic mass is 16.1. The molecule has 1 aromatic carbocycles. The molecule has 5 nitrogen and oxygen atoms in total. The highest BCUT2D eigenvalue weighted by Crippen LogP contribution is 2.24. The number of hydrogen-bond donors (Lipinski definition) is 2. The van der Waals surface area contributed by atoms with Crippen LogP contribution in [0.15, 0.2) is 24.4 Å². The van der Waals surface area contributed by atoms with Crippen LogP contribution in [0.25, 0.3) is 11.1 Å². The second-order valence-electron chi connectivity index (χ2n) is 3.28. The Kier molecular flexibility index (Phi) is 2.51. The van der Waals surface area contributed by atoms with E-state index in [4.69, 9.17) is 5.73 Å². The molecule has 80 valence electrons. The number of aldehydes is 2. The Morgan fingerprint density at radius 1 is 1.19 bits per heavy atom. The van der Waals surface area contributed by atoms with Crippen LogP contribution in [0.4, 0.5) is 5.82 Å². The summed E-state index contributed by atoms with van der Waals surface area (Å²) in [6.45, 7) is 0. The average molecular weight is 215 g/mol. The van der Waals surface area contributed by atoms with E-state index in [-0.39, 0.29) is 0 Å². The predicted octanol–water partition coefficient (Wildman–Crippen LogP) is 1.28. The zero-order chi connectivity index (χ0) is 11.5. The van der Waals surface area contributed by atoms with Gasteiger partial charge in [0.1, 0.15) is 5.82 Å². The van der Waals surface area contributed by atoms with Crippen LogP contribution in [0.2, 0.25) is 0 Å². The van der Waals surface area contributed by atoms with Crippen molar-refractivity contribution in [2.24, 2.45) is 0 Å². The Morgan fingerprint density at radius 3 is 2.50 bits per heavy atom. The summed E-state index contributed by atoms with van der Waals surface area (Å²) in [6.07, 6.45) is 2.86. The van der Waals surface area contributed by atoms with Crippen LogP contribution in [-0.2, 0) is 0 Å². The summed E-state index contributed by atoms with van der Waals surface area (Å²) in [4.78, 5) is 21.4. The summed E-state index contributed by atoms with van der Waals surface area (Å²) in [5.41, 5.74) is 7.82. The Hall–Kier alpha value is -2.43. The number of aromatic nitrogens is 2. The van der Waals surface area contributed by atoms with Gasteiger partial charge in [0.25, 0.3) is 0 Å². The minimum atomic E-state index is 0.341. The number of nitrogen functional groups attached to an aromatic ring is 1. The largest absolute Gasteiger partial charge is 0.384 e. The molecule has 5 heteroatoms. The van der Waals surface area contributed by atoms with Crippen LogP contribution in [0, 0.1) is 0 Å². The van der Waals surface area contributed by atoms with E-state index in [0.717, 1.165) is 5.56 Å². The third-order valence-corrected chi connectivity index (χ3v) is 2.32. The number of carbonyl (C=O) groups is 2. The van der Waals surface area contributed by atoms with E-state index < -0.39 is 0 Å². The molecule has 0 radical (unpaired) electrons. The van der Waals surface area contributed by atoms with Crippen molar-refractivity contribution in [3.63, 3.8) is 0 Å². The maximum atomic E-state index is 10.8. The molecule has 16 heavy (non-hydrogen) atoms.